The van der Waals surface area contributed by atoms with Crippen LogP contribution in [0, 0.1) is 11.7 Å². The van der Waals surface area contributed by atoms with E-state index in [0.29, 0.717) is 49.2 Å². The van der Waals surface area contributed by atoms with Gasteiger partial charge in [0, 0.05) is 32.2 Å². The zero-order chi connectivity index (χ0) is 20.9. The number of fused-ring (bicyclic) bond motifs is 1. The number of amides is 1. The maximum atomic E-state index is 13.9. The molecule has 0 N–H and O–H groups in total. The lowest BCUT2D eigenvalue weighted by atomic mass is 9.96. The van der Waals surface area contributed by atoms with Crippen molar-refractivity contribution in [2.45, 2.75) is 19.3 Å². The molecule has 2 aromatic rings. The number of halogens is 1. The summed E-state index contributed by atoms with van der Waals surface area (Å²) in [4.78, 5) is 17.1. The van der Waals surface area contributed by atoms with Crippen LogP contribution in [0.2, 0.25) is 0 Å². The molecule has 4 rings (SSSR count). The highest BCUT2D eigenvalue weighted by molar-refractivity contribution is 5.94. The molecule has 30 heavy (non-hydrogen) atoms. The van der Waals surface area contributed by atoms with E-state index in [9.17, 15) is 9.18 Å². The minimum absolute atomic E-state index is 0.00421. The van der Waals surface area contributed by atoms with Crippen LogP contribution in [0.15, 0.2) is 42.5 Å². The second kappa shape index (κ2) is 9.47. The molecule has 6 heteroatoms. The molecule has 2 aliphatic heterocycles. The molecule has 0 spiro atoms. The fourth-order valence-corrected chi connectivity index (χ4v) is 4.35. The average Bonchev–Trinajstić information content (AvgIpc) is 2.78. The number of hydrogen-bond donors (Lipinski definition) is 0. The van der Waals surface area contributed by atoms with E-state index in [1.54, 1.807) is 29.2 Å². The predicted molar refractivity (Wildman–Crippen MR) is 114 cm³/mol. The van der Waals surface area contributed by atoms with Gasteiger partial charge in [0.2, 0.25) is 0 Å². The number of carbonyl (C=O) groups excluding carboxylic acids is 1. The molecule has 1 saturated heterocycles. The number of carbonyl (C=O) groups is 1. The summed E-state index contributed by atoms with van der Waals surface area (Å²) in [5.74, 6) is 1.62. The van der Waals surface area contributed by atoms with Crippen molar-refractivity contribution in [1.29, 1.82) is 0 Å². The van der Waals surface area contributed by atoms with Gasteiger partial charge in [-0.3, -0.25) is 4.79 Å². The second-order valence-electron chi connectivity index (χ2n) is 8.19. The third-order valence-electron chi connectivity index (χ3n) is 5.93. The summed E-state index contributed by atoms with van der Waals surface area (Å²) in [5, 5.41) is 0. The first kappa shape index (κ1) is 20.7. The lowest BCUT2D eigenvalue weighted by Gasteiger charge is -2.34. The molecule has 0 saturated carbocycles. The van der Waals surface area contributed by atoms with Crippen molar-refractivity contribution in [1.82, 2.24) is 9.80 Å². The molecule has 1 atom stereocenters. The molecule has 0 aromatic heterocycles. The van der Waals surface area contributed by atoms with Crippen LogP contribution in [0.5, 0.6) is 11.5 Å². The molecule has 0 aliphatic carbocycles. The van der Waals surface area contributed by atoms with Crippen LogP contribution in [0.3, 0.4) is 0 Å². The van der Waals surface area contributed by atoms with Crippen molar-refractivity contribution in [2.75, 3.05) is 46.4 Å². The number of rotatable bonds is 6. The summed E-state index contributed by atoms with van der Waals surface area (Å²) in [6.45, 7) is 4.57. The van der Waals surface area contributed by atoms with Crippen molar-refractivity contribution < 1.29 is 18.7 Å². The molecule has 0 unspecified atom stereocenters. The van der Waals surface area contributed by atoms with E-state index >= 15 is 0 Å². The van der Waals surface area contributed by atoms with E-state index in [0.717, 1.165) is 38.0 Å². The Labute approximate surface area is 177 Å². The molecule has 0 bridgehead atoms. The van der Waals surface area contributed by atoms with Gasteiger partial charge in [-0.05, 0) is 61.6 Å². The average molecular weight is 413 g/mol. The van der Waals surface area contributed by atoms with E-state index in [4.69, 9.17) is 9.47 Å². The number of benzene rings is 2. The van der Waals surface area contributed by atoms with E-state index in [-0.39, 0.29) is 11.7 Å². The molecule has 160 valence electrons. The van der Waals surface area contributed by atoms with Gasteiger partial charge >= 0.3 is 0 Å². The maximum Gasteiger partial charge on any atom is 0.253 e. The molecule has 1 amide bonds. The minimum Gasteiger partial charge on any atom is -0.486 e. The summed E-state index contributed by atoms with van der Waals surface area (Å²) in [7, 11) is 1.86. The van der Waals surface area contributed by atoms with Gasteiger partial charge in [-0.1, -0.05) is 18.2 Å². The summed E-state index contributed by atoms with van der Waals surface area (Å²) in [6.07, 6.45) is 2.92. The van der Waals surface area contributed by atoms with Crippen molar-refractivity contribution in [3.05, 3.63) is 59.4 Å². The quantitative estimate of drug-likeness (QED) is 0.727. The Morgan fingerprint density at radius 3 is 2.80 bits per heavy atom. The number of piperidine rings is 1. The molecule has 2 aliphatic rings. The van der Waals surface area contributed by atoms with Gasteiger partial charge < -0.3 is 19.3 Å². The molecule has 2 aromatic carbocycles. The maximum absolute atomic E-state index is 13.9. The van der Waals surface area contributed by atoms with Crippen LogP contribution in [-0.2, 0) is 6.42 Å². The Morgan fingerprint density at radius 1 is 1.17 bits per heavy atom. The first-order valence-electron chi connectivity index (χ1n) is 10.7. The summed E-state index contributed by atoms with van der Waals surface area (Å²) in [6, 6.07) is 12.4. The Balaban J connectivity index is 1.31. The predicted octanol–water partition coefficient (Wildman–Crippen LogP) is 3.62. The highest BCUT2D eigenvalue weighted by Crippen LogP contribution is 2.31. The van der Waals surface area contributed by atoms with Crippen molar-refractivity contribution in [3.63, 3.8) is 0 Å². The normalized spacial score (nSPS) is 18.8. The zero-order valence-corrected chi connectivity index (χ0v) is 17.5. The SMILES string of the molecule is CN(C[C@H]1CCCN(CCc2ccccc2F)C1)C(=O)c1ccc2c(c1)OCCO2. The highest BCUT2D eigenvalue weighted by Gasteiger charge is 2.24. The van der Waals surface area contributed by atoms with Crippen LogP contribution in [0.1, 0.15) is 28.8 Å². The Bertz CT molecular complexity index is 889. The Kier molecular flexibility index (Phi) is 6.53. The van der Waals surface area contributed by atoms with E-state index in [1.165, 1.54) is 6.07 Å². The molecule has 0 radical (unpaired) electrons. The first-order valence-corrected chi connectivity index (χ1v) is 10.7. The summed E-state index contributed by atoms with van der Waals surface area (Å²) >= 11 is 0. The fourth-order valence-electron chi connectivity index (χ4n) is 4.35. The molecule has 5 nitrogen and oxygen atoms in total. The van der Waals surface area contributed by atoms with Crippen molar-refractivity contribution >= 4 is 5.91 Å². The van der Waals surface area contributed by atoms with Gasteiger partial charge in [-0.2, -0.15) is 0 Å². The number of hydrogen-bond acceptors (Lipinski definition) is 4. The largest absolute Gasteiger partial charge is 0.486 e. The number of ether oxygens (including phenoxy) is 2. The molecular formula is C24H29FN2O3. The van der Waals surface area contributed by atoms with Gasteiger partial charge in [-0.15, -0.1) is 0 Å². The lowest BCUT2D eigenvalue weighted by Crippen LogP contribution is -2.42. The lowest BCUT2D eigenvalue weighted by molar-refractivity contribution is 0.0729. The van der Waals surface area contributed by atoms with Crippen LogP contribution in [0.25, 0.3) is 0 Å². The minimum atomic E-state index is -0.129. The van der Waals surface area contributed by atoms with Gasteiger partial charge in [0.05, 0.1) is 0 Å². The van der Waals surface area contributed by atoms with Gasteiger partial charge in [-0.25, -0.2) is 4.39 Å². The topological polar surface area (TPSA) is 42.0 Å². The van der Waals surface area contributed by atoms with Gasteiger partial charge in [0.25, 0.3) is 5.91 Å². The Morgan fingerprint density at radius 2 is 1.97 bits per heavy atom. The zero-order valence-electron chi connectivity index (χ0n) is 17.5. The number of nitrogens with zero attached hydrogens (tertiary/aromatic N) is 2. The van der Waals surface area contributed by atoms with Crippen molar-refractivity contribution in [3.8, 4) is 11.5 Å². The van der Waals surface area contributed by atoms with E-state index < -0.39 is 0 Å². The standard InChI is InChI=1S/C24H29FN2O3/c1-26(24(28)20-8-9-22-23(15-20)30-14-13-29-22)16-18-5-4-11-27(17-18)12-10-19-6-2-3-7-21(19)25/h2-3,6-9,15,18H,4-5,10-14,16-17H2,1H3/t18-/m1/s1. The van der Waals surface area contributed by atoms with E-state index in [1.807, 2.05) is 19.2 Å². The third kappa shape index (κ3) is 4.93. The first-order chi connectivity index (χ1) is 14.6. The van der Waals surface area contributed by atoms with E-state index in [2.05, 4.69) is 4.90 Å². The Hall–Kier alpha value is -2.60. The highest BCUT2D eigenvalue weighted by atomic mass is 19.1. The van der Waals surface area contributed by atoms with Crippen LogP contribution in [0.4, 0.5) is 4.39 Å². The monoisotopic (exact) mass is 412 g/mol. The summed E-state index contributed by atoms with van der Waals surface area (Å²) < 4.78 is 25.0. The third-order valence-corrected chi connectivity index (χ3v) is 5.93. The summed E-state index contributed by atoms with van der Waals surface area (Å²) in [5.41, 5.74) is 1.39. The fraction of sp³-hybridized carbons (Fsp3) is 0.458. The van der Waals surface area contributed by atoms with Crippen molar-refractivity contribution in [2.24, 2.45) is 5.92 Å². The van der Waals surface area contributed by atoms with Gasteiger partial charge in [0.15, 0.2) is 11.5 Å². The molecule has 1 fully saturated rings. The second-order valence-corrected chi connectivity index (χ2v) is 8.19. The smallest absolute Gasteiger partial charge is 0.253 e. The van der Waals surface area contributed by atoms with Crippen LogP contribution < -0.4 is 9.47 Å². The van der Waals surface area contributed by atoms with Crippen LogP contribution in [-0.4, -0.2) is 62.1 Å². The number of likely N-dealkylation sites (tertiary alicyclic amines) is 1. The molecule has 2 heterocycles. The van der Waals surface area contributed by atoms with Crippen LogP contribution >= 0.6 is 0 Å². The molecular weight excluding hydrogens is 383 g/mol. The van der Waals surface area contributed by atoms with Gasteiger partial charge in [0.1, 0.15) is 19.0 Å².